The molecule has 11 heteroatoms. The lowest BCUT2D eigenvalue weighted by atomic mass is 9.77. The summed E-state index contributed by atoms with van der Waals surface area (Å²) in [5, 5.41) is -1.73. The average Bonchev–Trinajstić information content (AvgIpc) is 3.24. The van der Waals surface area contributed by atoms with Gasteiger partial charge in [-0.3, -0.25) is 4.98 Å². The number of furan rings is 1. The highest BCUT2D eigenvalue weighted by Gasteiger charge is 2.85. The second kappa shape index (κ2) is 7.41. The molecule has 37 heavy (non-hydrogen) atoms. The minimum Gasteiger partial charge on any atom is -0.437 e. The number of hydrogen-bond acceptors (Lipinski definition) is 3. The fourth-order valence-corrected chi connectivity index (χ4v) is 4.41. The normalized spacial score (nSPS) is 22.5. The van der Waals surface area contributed by atoms with E-state index in [9.17, 15) is 17.6 Å². The maximum atomic E-state index is 15.3. The zero-order valence-corrected chi connectivity index (χ0v) is 19.3. The fourth-order valence-electron chi connectivity index (χ4n) is 4.41. The standard InChI is InChI=1S/C26H20F8N2O/c1-12-5-6-14-18-19-16(23(27,28)25(31,32)26(33,34)24(19,29)30)10-15(20(18)37-21(14)36-12)17-9-13(7-8-35-17)11-22(2,3)4/h5-10H,11H2,1-4H3/i1D3,11D2. The number of rotatable bonds is 2. The van der Waals surface area contributed by atoms with Gasteiger partial charge in [0.2, 0.25) is 5.71 Å². The van der Waals surface area contributed by atoms with E-state index in [2.05, 4.69) is 9.97 Å². The third-order valence-electron chi connectivity index (χ3n) is 6.00. The first kappa shape index (κ1) is 19.8. The molecule has 1 aliphatic carbocycles. The number of fused-ring (bicyclic) bond motifs is 5. The summed E-state index contributed by atoms with van der Waals surface area (Å²) in [4.78, 5) is 7.70. The predicted molar refractivity (Wildman–Crippen MR) is 120 cm³/mol. The van der Waals surface area contributed by atoms with Crippen molar-refractivity contribution >= 4 is 22.1 Å². The van der Waals surface area contributed by atoms with Crippen molar-refractivity contribution in [1.29, 1.82) is 0 Å². The molecule has 3 heterocycles. The summed E-state index contributed by atoms with van der Waals surface area (Å²) in [5.41, 5.74) is -8.52. The molecule has 0 saturated heterocycles. The Kier molecular flexibility index (Phi) is 3.97. The van der Waals surface area contributed by atoms with Gasteiger partial charge < -0.3 is 4.42 Å². The SMILES string of the molecule is [2H]C([2H])([2H])c1ccc2c(n1)oc1c(-c3cc(C([2H])([2H])C(C)(C)C)ccn3)cc3c(c12)C(F)(F)C(F)(F)C(F)(F)C3(F)F. The van der Waals surface area contributed by atoms with Crippen LogP contribution in [0.4, 0.5) is 35.1 Å². The second-order valence-corrected chi connectivity index (χ2v) is 9.80. The molecule has 0 atom stereocenters. The molecular weight excluding hydrogens is 508 g/mol. The van der Waals surface area contributed by atoms with E-state index < -0.39 is 92.5 Å². The lowest BCUT2D eigenvalue weighted by molar-refractivity contribution is -0.386. The summed E-state index contributed by atoms with van der Waals surface area (Å²) in [6, 6.07) is 4.09. The molecule has 0 bridgehead atoms. The van der Waals surface area contributed by atoms with Gasteiger partial charge in [-0.05, 0) is 54.5 Å². The maximum Gasteiger partial charge on any atom is 0.382 e. The summed E-state index contributed by atoms with van der Waals surface area (Å²) in [6.45, 7) is 1.82. The largest absolute Gasteiger partial charge is 0.437 e. The van der Waals surface area contributed by atoms with Crippen LogP contribution < -0.4 is 0 Å². The number of nitrogens with zero attached hydrogens (tertiary/aromatic N) is 2. The summed E-state index contributed by atoms with van der Waals surface area (Å²) in [6.07, 6.45) is -1.03. The van der Waals surface area contributed by atoms with Crippen LogP contribution in [0.25, 0.3) is 33.3 Å². The van der Waals surface area contributed by atoms with Crippen molar-refractivity contribution in [3.05, 3.63) is 58.9 Å². The Balaban J connectivity index is 1.97. The van der Waals surface area contributed by atoms with E-state index >= 15 is 17.6 Å². The van der Waals surface area contributed by atoms with Gasteiger partial charge in [0, 0.05) is 46.2 Å². The highest BCUT2D eigenvalue weighted by Crippen LogP contribution is 2.66. The number of pyridine rings is 2. The summed E-state index contributed by atoms with van der Waals surface area (Å²) in [5.74, 6) is -24.8. The van der Waals surface area contributed by atoms with Crippen molar-refractivity contribution in [2.75, 3.05) is 0 Å². The first-order valence-corrected chi connectivity index (χ1v) is 10.8. The van der Waals surface area contributed by atoms with E-state index in [0.29, 0.717) is 0 Å². The lowest BCUT2D eigenvalue weighted by Crippen LogP contribution is -2.63. The van der Waals surface area contributed by atoms with Crippen molar-refractivity contribution in [2.24, 2.45) is 5.41 Å². The highest BCUT2D eigenvalue weighted by molar-refractivity contribution is 6.11. The second-order valence-electron chi connectivity index (χ2n) is 9.80. The lowest BCUT2D eigenvalue weighted by Gasteiger charge is -2.43. The molecule has 0 spiro atoms. The molecule has 196 valence electrons. The average molecular weight is 533 g/mol. The number of benzene rings is 1. The van der Waals surface area contributed by atoms with Gasteiger partial charge in [0.15, 0.2) is 0 Å². The molecule has 1 aromatic carbocycles. The van der Waals surface area contributed by atoms with E-state index in [1.807, 2.05) is 0 Å². The highest BCUT2D eigenvalue weighted by atomic mass is 19.4. The van der Waals surface area contributed by atoms with Gasteiger partial charge in [0.1, 0.15) is 5.58 Å². The zero-order valence-electron chi connectivity index (χ0n) is 24.3. The Morgan fingerprint density at radius 1 is 0.946 bits per heavy atom. The Labute approximate surface area is 212 Å². The zero-order chi connectivity index (χ0) is 31.6. The number of aryl methyl sites for hydroxylation is 1. The van der Waals surface area contributed by atoms with E-state index in [1.54, 1.807) is 20.8 Å². The van der Waals surface area contributed by atoms with Crippen molar-refractivity contribution in [1.82, 2.24) is 9.97 Å². The Hall–Kier alpha value is -3.24. The Morgan fingerprint density at radius 3 is 2.27 bits per heavy atom. The van der Waals surface area contributed by atoms with Crippen LogP contribution in [0.2, 0.25) is 0 Å². The minimum atomic E-state index is -6.55. The number of hydrogen-bond donors (Lipinski definition) is 0. The van der Waals surface area contributed by atoms with Gasteiger partial charge in [-0.1, -0.05) is 20.8 Å². The Bertz CT molecular complexity index is 1760. The molecule has 1 aliphatic rings. The van der Waals surface area contributed by atoms with Crippen LogP contribution in [0.1, 0.15) is 50.0 Å². The van der Waals surface area contributed by atoms with Crippen molar-refractivity contribution in [2.45, 2.75) is 57.7 Å². The van der Waals surface area contributed by atoms with Crippen LogP contribution in [-0.4, -0.2) is 21.8 Å². The third kappa shape index (κ3) is 3.38. The van der Waals surface area contributed by atoms with Crippen molar-refractivity contribution in [3.63, 3.8) is 0 Å². The molecular formula is C26H20F8N2O. The first-order chi connectivity index (χ1) is 18.9. The van der Waals surface area contributed by atoms with Gasteiger partial charge >= 0.3 is 23.7 Å². The van der Waals surface area contributed by atoms with Gasteiger partial charge in [0.25, 0.3) is 0 Å². The van der Waals surface area contributed by atoms with Gasteiger partial charge in [0.05, 0.1) is 5.69 Å². The van der Waals surface area contributed by atoms with Crippen molar-refractivity contribution in [3.8, 4) is 11.3 Å². The number of alkyl halides is 8. The molecule has 0 N–H and O–H groups in total. The Morgan fingerprint density at radius 2 is 1.62 bits per heavy atom. The van der Waals surface area contributed by atoms with E-state index in [4.69, 9.17) is 11.3 Å². The predicted octanol–water partition coefficient (Wildman–Crippen LogP) is 8.41. The summed E-state index contributed by atoms with van der Waals surface area (Å²) >= 11 is 0. The quantitative estimate of drug-likeness (QED) is 0.243. The molecule has 5 rings (SSSR count). The topological polar surface area (TPSA) is 38.9 Å². The fraction of sp³-hybridized carbons (Fsp3) is 0.385. The van der Waals surface area contributed by atoms with E-state index in [0.717, 1.165) is 24.4 Å². The molecule has 0 aliphatic heterocycles. The maximum absolute atomic E-state index is 15.3. The third-order valence-corrected chi connectivity index (χ3v) is 6.00. The van der Waals surface area contributed by atoms with Gasteiger partial charge in [-0.2, -0.15) is 35.1 Å². The molecule has 0 unspecified atom stereocenters. The van der Waals surface area contributed by atoms with Crippen LogP contribution >= 0.6 is 0 Å². The van der Waals surface area contributed by atoms with Crippen LogP contribution in [-0.2, 0) is 18.2 Å². The molecule has 3 nitrogen and oxygen atoms in total. The number of halogens is 8. The van der Waals surface area contributed by atoms with Crippen LogP contribution in [0.3, 0.4) is 0 Å². The molecule has 0 fully saturated rings. The van der Waals surface area contributed by atoms with Crippen LogP contribution in [0.15, 0.2) is 40.9 Å². The summed E-state index contributed by atoms with van der Waals surface area (Å²) < 4.78 is 164. The smallest absolute Gasteiger partial charge is 0.382 e. The molecule has 3 aromatic heterocycles. The van der Waals surface area contributed by atoms with Gasteiger partial charge in [-0.25, -0.2) is 4.98 Å². The molecule has 4 aromatic rings. The minimum absolute atomic E-state index is 0.0567. The molecule has 0 amide bonds. The van der Waals surface area contributed by atoms with Crippen molar-refractivity contribution < 1.29 is 46.4 Å². The first-order valence-electron chi connectivity index (χ1n) is 13.3. The molecule has 0 saturated carbocycles. The summed E-state index contributed by atoms with van der Waals surface area (Å²) in [7, 11) is 0. The van der Waals surface area contributed by atoms with Gasteiger partial charge in [-0.15, -0.1) is 0 Å². The molecule has 0 radical (unpaired) electrons. The monoisotopic (exact) mass is 533 g/mol. The van der Waals surface area contributed by atoms with E-state index in [-0.39, 0.29) is 11.6 Å². The van der Waals surface area contributed by atoms with Crippen LogP contribution in [0.5, 0.6) is 0 Å². The van der Waals surface area contributed by atoms with E-state index in [1.165, 1.54) is 6.07 Å². The van der Waals surface area contributed by atoms with Crippen LogP contribution in [0, 0.1) is 12.3 Å². The number of aromatic nitrogens is 2.